The highest BCUT2D eigenvalue weighted by atomic mass is 32.1. The fraction of sp³-hybridized carbons (Fsp3) is 0. The van der Waals surface area contributed by atoms with Crippen LogP contribution in [0.4, 0.5) is 5.69 Å². The van der Waals surface area contributed by atoms with Gasteiger partial charge in [-0.15, -0.1) is 5.10 Å². The first-order chi connectivity index (χ1) is 13.1. The molecule has 4 aromatic rings. The van der Waals surface area contributed by atoms with Gasteiger partial charge in [0, 0.05) is 17.7 Å². The standard InChI is InChI=1S/C20H14N4O2S/c25-24(26)18-13-11-16(12-14-18)22-19(15-7-3-1-4-8-15)21-23(20(22)27)17-9-5-2-6-10-17/h1-14H. The lowest BCUT2D eigenvalue weighted by Crippen LogP contribution is -1.99. The molecule has 4 rings (SSSR count). The Hall–Kier alpha value is -3.58. The number of nitro groups is 1. The van der Waals surface area contributed by atoms with E-state index in [4.69, 9.17) is 17.3 Å². The molecule has 6 nitrogen and oxygen atoms in total. The minimum atomic E-state index is -0.422. The minimum Gasteiger partial charge on any atom is -0.268 e. The second kappa shape index (κ2) is 6.97. The molecule has 0 N–H and O–H groups in total. The molecule has 0 radical (unpaired) electrons. The van der Waals surface area contributed by atoms with E-state index in [0.717, 1.165) is 11.3 Å². The molecule has 0 amide bonds. The molecule has 0 bridgehead atoms. The lowest BCUT2D eigenvalue weighted by atomic mass is 10.2. The number of benzene rings is 3. The van der Waals surface area contributed by atoms with Crippen molar-refractivity contribution in [2.45, 2.75) is 0 Å². The van der Waals surface area contributed by atoms with Crippen molar-refractivity contribution in [3.05, 3.63) is 99.8 Å². The van der Waals surface area contributed by atoms with Crippen molar-refractivity contribution in [3.63, 3.8) is 0 Å². The van der Waals surface area contributed by atoms with Gasteiger partial charge in [0.15, 0.2) is 5.82 Å². The van der Waals surface area contributed by atoms with Crippen LogP contribution < -0.4 is 0 Å². The first-order valence-corrected chi connectivity index (χ1v) is 8.64. The van der Waals surface area contributed by atoms with Crippen LogP contribution in [0.2, 0.25) is 0 Å². The van der Waals surface area contributed by atoms with Gasteiger partial charge in [-0.05, 0) is 36.5 Å². The van der Waals surface area contributed by atoms with Crippen LogP contribution in [-0.2, 0) is 0 Å². The Kier molecular flexibility index (Phi) is 4.35. The third-order valence-corrected chi connectivity index (χ3v) is 4.49. The summed E-state index contributed by atoms with van der Waals surface area (Å²) in [5, 5.41) is 15.7. The molecule has 0 aliphatic carbocycles. The van der Waals surface area contributed by atoms with Gasteiger partial charge in [0.05, 0.1) is 16.3 Å². The molecule has 132 valence electrons. The number of aromatic nitrogens is 3. The molecular formula is C20H14N4O2S. The second-order valence-electron chi connectivity index (χ2n) is 5.83. The van der Waals surface area contributed by atoms with Gasteiger partial charge in [0.2, 0.25) is 4.77 Å². The Bertz CT molecular complexity index is 1150. The van der Waals surface area contributed by atoms with E-state index in [0.29, 0.717) is 16.3 Å². The van der Waals surface area contributed by atoms with Crippen molar-refractivity contribution >= 4 is 17.9 Å². The molecule has 0 atom stereocenters. The molecule has 0 spiro atoms. The Morgan fingerprint density at radius 2 is 1.41 bits per heavy atom. The van der Waals surface area contributed by atoms with Crippen LogP contribution in [0.3, 0.4) is 0 Å². The average molecular weight is 374 g/mol. The van der Waals surface area contributed by atoms with E-state index >= 15 is 0 Å². The Labute approximate surface area is 160 Å². The predicted molar refractivity (Wildman–Crippen MR) is 106 cm³/mol. The smallest absolute Gasteiger partial charge is 0.268 e. The normalized spacial score (nSPS) is 10.7. The van der Waals surface area contributed by atoms with Gasteiger partial charge in [-0.2, -0.15) is 0 Å². The van der Waals surface area contributed by atoms with Crippen molar-refractivity contribution in [1.29, 1.82) is 0 Å². The lowest BCUT2D eigenvalue weighted by Gasteiger charge is -2.06. The maximum absolute atomic E-state index is 11.0. The molecule has 7 heteroatoms. The van der Waals surface area contributed by atoms with Crippen molar-refractivity contribution in [2.24, 2.45) is 0 Å². The number of nitro benzene ring substituents is 1. The van der Waals surface area contributed by atoms with Gasteiger partial charge in [0.25, 0.3) is 5.69 Å². The number of hydrogen-bond donors (Lipinski definition) is 0. The van der Waals surface area contributed by atoms with Crippen molar-refractivity contribution in [3.8, 4) is 22.8 Å². The fourth-order valence-corrected chi connectivity index (χ4v) is 3.17. The highest BCUT2D eigenvalue weighted by Crippen LogP contribution is 2.25. The molecule has 0 aliphatic heterocycles. The van der Waals surface area contributed by atoms with Gasteiger partial charge >= 0.3 is 0 Å². The summed E-state index contributed by atoms with van der Waals surface area (Å²) in [6.45, 7) is 0. The molecule has 0 unspecified atom stereocenters. The van der Waals surface area contributed by atoms with Crippen LogP contribution in [0, 0.1) is 14.9 Å². The predicted octanol–water partition coefficient (Wildman–Crippen LogP) is 4.97. The Morgan fingerprint density at radius 3 is 2.00 bits per heavy atom. The van der Waals surface area contributed by atoms with E-state index < -0.39 is 4.92 Å². The number of non-ortho nitro benzene ring substituents is 1. The number of para-hydroxylation sites is 1. The highest BCUT2D eigenvalue weighted by molar-refractivity contribution is 7.71. The van der Waals surface area contributed by atoms with E-state index in [1.807, 2.05) is 65.2 Å². The zero-order chi connectivity index (χ0) is 18.8. The van der Waals surface area contributed by atoms with Gasteiger partial charge in [-0.25, -0.2) is 4.68 Å². The maximum Gasteiger partial charge on any atom is 0.269 e. The van der Waals surface area contributed by atoms with Crippen LogP contribution in [0.1, 0.15) is 0 Å². The number of nitrogens with zero attached hydrogens (tertiary/aromatic N) is 4. The molecule has 0 saturated carbocycles. The van der Waals surface area contributed by atoms with Gasteiger partial charge in [-0.3, -0.25) is 14.7 Å². The third kappa shape index (κ3) is 3.16. The van der Waals surface area contributed by atoms with E-state index in [1.54, 1.807) is 16.8 Å². The van der Waals surface area contributed by atoms with Gasteiger partial charge < -0.3 is 0 Å². The van der Waals surface area contributed by atoms with E-state index in [-0.39, 0.29) is 5.69 Å². The van der Waals surface area contributed by atoms with Crippen LogP contribution in [-0.4, -0.2) is 19.3 Å². The largest absolute Gasteiger partial charge is 0.269 e. The summed E-state index contributed by atoms with van der Waals surface area (Å²) in [7, 11) is 0. The summed E-state index contributed by atoms with van der Waals surface area (Å²) < 4.78 is 3.99. The molecular weight excluding hydrogens is 360 g/mol. The summed E-state index contributed by atoms with van der Waals surface area (Å²) in [5.41, 5.74) is 2.49. The SMILES string of the molecule is O=[N+]([O-])c1ccc(-n2c(-c3ccccc3)nn(-c3ccccc3)c2=S)cc1. The highest BCUT2D eigenvalue weighted by Gasteiger charge is 2.16. The average Bonchev–Trinajstić information content (AvgIpc) is 3.06. The van der Waals surface area contributed by atoms with Crippen molar-refractivity contribution < 1.29 is 4.92 Å². The topological polar surface area (TPSA) is 65.9 Å². The summed E-state index contributed by atoms with van der Waals surface area (Å²) in [4.78, 5) is 10.5. The van der Waals surface area contributed by atoms with Crippen LogP contribution in [0.25, 0.3) is 22.8 Å². The van der Waals surface area contributed by atoms with Crippen LogP contribution >= 0.6 is 12.2 Å². The van der Waals surface area contributed by atoms with Crippen LogP contribution in [0.5, 0.6) is 0 Å². The van der Waals surface area contributed by atoms with Crippen molar-refractivity contribution in [1.82, 2.24) is 14.3 Å². The van der Waals surface area contributed by atoms with Crippen LogP contribution in [0.15, 0.2) is 84.9 Å². The number of rotatable bonds is 4. The van der Waals surface area contributed by atoms with Gasteiger partial charge in [0.1, 0.15) is 0 Å². The summed E-state index contributed by atoms with van der Waals surface area (Å²) >= 11 is 5.69. The first kappa shape index (κ1) is 16.9. The summed E-state index contributed by atoms with van der Waals surface area (Å²) in [5.74, 6) is 0.665. The zero-order valence-electron chi connectivity index (χ0n) is 14.1. The fourth-order valence-electron chi connectivity index (χ4n) is 2.84. The monoisotopic (exact) mass is 374 g/mol. The molecule has 1 heterocycles. The molecule has 0 aliphatic rings. The second-order valence-corrected chi connectivity index (χ2v) is 6.19. The van der Waals surface area contributed by atoms with Gasteiger partial charge in [-0.1, -0.05) is 48.5 Å². The first-order valence-electron chi connectivity index (χ1n) is 8.23. The Morgan fingerprint density at radius 1 is 0.815 bits per heavy atom. The quantitative estimate of drug-likeness (QED) is 0.287. The van der Waals surface area contributed by atoms with E-state index in [2.05, 4.69) is 0 Å². The maximum atomic E-state index is 11.0. The molecule has 1 aromatic heterocycles. The van der Waals surface area contributed by atoms with E-state index in [9.17, 15) is 10.1 Å². The third-order valence-electron chi connectivity index (χ3n) is 4.13. The zero-order valence-corrected chi connectivity index (χ0v) is 14.9. The minimum absolute atomic E-state index is 0.0296. The van der Waals surface area contributed by atoms with Crippen molar-refractivity contribution in [2.75, 3.05) is 0 Å². The summed E-state index contributed by atoms with van der Waals surface area (Å²) in [6.07, 6.45) is 0. The summed E-state index contributed by atoms with van der Waals surface area (Å²) in [6, 6.07) is 25.6. The lowest BCUT2D eigenvalue weighted by molar-refractivity contribution is -0.384. The molecule has 0 saturated heterocycles. The molecule has 0 fully saturated rings. The number of hydrogen-bond acceptors (Lipinski definition) is 4. The van der Waals surface area contributed by atoms with E-state index in [1.165, 1.54) is 12.1 Å². The Balaban J connectivity index is 1.95. The molecule has 27 heavy (non-hydrogen) atoms. The molecule has 3 aromatic carbocycles.